The quantitative estimate of drug-likeness (QED) is 0.443. The van der Waals surface area contributed by atoms with E-state index >= 15 is 0 Å². The average molecular weight is 436 g/mol. The van der Waals surface area contributed by atoms with Gasteiger partial charge in [-0.05, 0) is 42.0 Å². The Labute approximate surface area is 188 Å². The first-order valence-electron chi connectivity index (χ1n) is 10.8. The van der Waals surface area contributed by atoms with Gasteiger partial charge in [0.25, 0.3) is 0 Å². The molecule has 0 bridgehead atoms. The third kappa shape index (κ3) is 6.70. The smallest absolute Gasteiger partial charge is 0.408 e. The number of ether oxygens (including phenoxy) is 1. The largest absolute Gasteiger partial charge is 0.445 e. The van der Waals surface area contributed by atoms with Gasteiger partial charge in [0.05, 0.1) is 0 Å². The summed E-state index contributed by atoms with van der Waals surface area (Å²) in [7, 11) is 0. The highest BCUT2D eigenvalue weighted by Gasteiger charge is 2.30. The predicted octanol–water partition coefficient (Wildman–Crippen LogP) is 3.30. The molecule has 0 fully saturated rings. The van der Waals surface area contributed by atoms with Gasteiger partial charge in [0.2, 0.25) is 11.8 Å². The molecule has 3 amide bonds. The lowest BCUT2D eigenvalue weighted by Crippen LogP contribution is -2.47. The minimum atomic E-state index is -0.692. The van der Waals surface area contributed by atoms with E-state index in [4.69, 9.17) is 4.74 Å². The zero-order chi connectivity index (χ0) is 22.8. The van der Waals surface area contributed by atoms with Gasteiger partial charge in [-0.1, -0.05) is 61.2 Å². The van der Waals surface area contributed by atoms with Crippen LogP contribution in [0, 0.1) is 0 Å². The van der Waals surface area contributed by atoms with Crippen molar-refractivity contribution in [2.24, 2.45) is 0 Å². The first kappa shape index (κ1) is 23.1. The second-order valence-corrected chi connectivity index (χ2v) is 7.71. The number of alkyl carbamates (subject to hydrolysis) is 1. The third-order valence-electron chi connectivity index (χ3n) is 5.36. The summed E-state index contributed by atoms with van der Waals surface area (Å²) in [5.74, 6) is -0.358. The van der Waals surface area contributed by atoms with Gasteiger partial charge in [-0.2, -0.15) is 0 Å². The number of nitrogens with zero attached hydrogens (tertiary/aromatic N) is 1. The molecular formula is C25H29N3O4. The van der Waals surface area contributed by atoms with Gasteiger partial charge in [0, 0.05) is 19.6 Å². The van der Waals surface area contributed by atoms with Gasteiger partial charge in [-0.15, -0.1) is 0 Å². The summed E-state index contributed by atoms with van der Waals surface area (Å²) in [6.07, 6.45) is 2.40. The molecular weight excluding hydrogens is 406 g/mol. The minimum Gasteiger partial charge on any atom is -0.445 e. The van der Waals surface area contributed by atoms with Gasteiger partial charge in [-0.25, -0.2) is 4.79 Å². The van der Waals surface area contributed by atoms with Gasteiger partial charge < -0.3 is 20.3 Å². The van der Waals surface area contributed by atoms with E-state index in [1.807, 2.05) is 54.6 Å². The zero-order valence-corrected chi connectivity index (χ0v) is 18.1. The Morgan fingerprint density at radius 1 is 1.00 bits per heavy atom. The van der Waals surface area contributed by atoms with Crippen molar-refractivity contribution in [1.29, 1.82) is 0 Å². The van der Waals surface area contributed by atoms with Gasteiger partial charge in [0.15, 0.2) is 0 Å². The van der Waals surface area contributed by atoms with Crippen LogP contribution in [0.2, 0.25) is 0 Å². The van der Waals surface area contributed by atoms with Crippen molar-refractivity contribution in [1.82, 2.24) is 15.5 Å². The Kier molecular flexibility index (Phi) is 8.43. The normalized spacial score (nSPS) is 13.1. The lowest BCUT2D eigenvalue weighted by atomic mass is 10.1. The van der Waals surface area contributed by atoms with Crippen molar-refractivity contribution < 1.29 is 19.1 Å². The molecule has 0 radical (unpaired) electrons. The van der Waals surface area contributed by atoms with E-state index in [0.29, 0.717) is 38.9 Å². The van der Waals surface area contributed by atoms with Crippen LogP contribution in [0.15, 0.2) is 67.3 Å². The molecule has 7 heteroatoms. The van der Waals surface area contributed by atoms with E-state index in [-0.39, 0.29) is 18.4 Å². The van der Waals surface area contributed by atoms with E-state index in [0.717, 1.165) is 16.7 Å². The molecule has 2 aromatic carbocycles. The predicted molar refractivity (Wildman–Crippen MR) is 121 cm³/mol. The van der Waals surface area contributed by atoms with E-state index in [1.165, 1.54) is 6.08 Å². The molecule has 0 unspecified atom stereocenters. The number of hydrogen-bond donors (Lipinski definition) is 2. The molecule has 0 saturated carbocycles. The van der Waals surface area contributed by atoms with Crippen molar-refractivity contribution in [3.8, 4) is 0 Å². The van der Waals surface area contributed by atoms with E-state index in [2.05, 4.69) is 17.2 Å². The molecule has 168 valence electrons. The number of amides is 3. The molecule has 1 aliphatic heterocycles. The molecule has 0 aromatic heterocycles. The lowest BCUT2D eigenvalue weighted by molar-refractivity contribution is -0.134. The highest BCUT2D eigenvalue weighted by Crippen LogP contribution is 2.23. The number of carbonyl (C=O) groups is 3. The van der Waals surface area contributed by atoms with Crippen molar-refractivity contribution >= 4 is 17.9 Å². The molecule has 1 heterocycles. The van der Waals surface area contributed by atoms with Gasteiger partial charge in [0.1, 0.15) is 12.6 Å². The SMILES string of the molecule is C=CC(=O)NCCCC[C@H](NC(=O)OCc1ccccc1)C(=O)N1Cc2ccccc2C1. The Morgan fingerprint density at radius 2 is 1.66 bits per heavy atom. The van der Waals surface area contributed by atoms with E-state index in [9.17, 15) is 14.4 Å². The second kappa shape index (κ2) is 11.7. The number of fused-ring (bicyclic) bond motifs is 1. The third-order valence-corrected chi connectivity index (χ3v) is 5.36. The van der Waals surface area contributed by atoms with Crippen molar-refractivity contribution in [2.45, 2.75) is 45.0 Å². The summed E-state index contributed by atoms with van der Waals surface area (Å²) < 4.78 is 5.32. The first-order chi connectivity index (χ1) is 15.6. The van der Waals surface area contributed by atoms with Crippen LogP contribution in [-0.4, -0.2) is 35.4 Å². The molecule has 32 heavy (non-hydrogen) atoms. The Bertz CT molecular complexity index is 920. The molecule has 0 aliphatic carbocycles. The lowest BCUT2D eigenvalue weighted by Gasteiger charge is -2.24. The Hall–Kier alpha value is -3.61. The number of rotatable bonds is 10. The number of carbonyl (C=O) groups excluding carboxylic acids is 3. The molecule has 7 nitrogen and oxygen atoms in total. The van der Waals surface area contributed by atoms with E-state index in [1.54, 1.807) is 4.90 Å². The molecule has 0 saturated heterocycles. The monoisotopic (exact) mass is 435 g/mol. The number of hydrogen-bond acceptors (Lipinski definition) is 4. The zero-order valence-electron chi connectivity index (χ0n) is 18.1. The van der Waals surface area contributed by atoms with Gasteiger partial charge >= 0.3 is 6.09 Å². The molecule has 1 atom stereocenters. The summed E-state index contributed by atoms with van der Waals surface area (Å²) in [6.45, 7) is 5.10. The topological polar surface area (TPSA) is 87.7 Å². The van der Waals surface area contributed by atoms with E-state index < -0.39 is 12.1 Å². The highest BCUT2D eigenvalue weighted by atomic mass is 16.5. The number of benzene rings is 2. The highest BCUT2D eigenvalue weighted by molar-refractivity contribution is 5.87. The molecule has 1 aliphatic rings. The summed E-state index contributed by atoms with van der Waals surface area (Å²) in [4.78, 5) is 38.6. The minimum absolute atomic E-state index is 0.131. The maximum absolute atomic E-state index is 13.2. The van der Waals surface area contributed by atoms with Crippen LogP contribution in [-0.2, 0) is 34.0 Å². The Balaban J connectivity index is 1.56. The van der Waals surface area contributed by atoms with Crippen LogP contribution in [0.5, 0.6) is 0 Å². The van der Waals surface area contributed by atoms with Crippen LogP contribution in [0.1, 0.15) is 36.0 Å². The number of nitrogens with one attached hydrogen (secondary N) is 2. The van der Waals surface area contributed by atoms with Gasteiger partial charge in [-0.3, -0.25) is 9.59 Å². The van der Waals surface area contributed by atoms with Crippen LogP contribution < -0.4 is 10.6 Å². The Morgan fingerprint density at radius 3 is 2.31 bits per heavy atom. The fraction of sp³-hybridized carbons (Fsp3) is 0.320. The standard InChI is InChI=1S/C25H29N3O4/c1-2-23(29)26-15-9-8-14-22(27-25(31)32-18-19-10-4-3-5-11-19)24(30)28-16-20-12-6-7-13-21(20)17-28/h2-7,10-13,22H,1,8-9,14-18H2,(H,26,29)(H,27,31)/t22-/m0/s1. The average Bonchev–Trinajstić information content (AvgIpc) is 3.26. The second-order valence-electron chi connectivity index (χ2n) is 7.71. The number of unbranched alkanes of at least 4 members (excludes halogenated alkanes) is 1. The first-order valence-corrected chi connectivity index (χ1v) is 10.8. The molecule has 3 rings (SSSR count). The van der Waals surface area contributed by atoms with Crippen molar-refractivity contribution in [3.05, 3.63) is 83.9 Å². The summed E-state index contributed by atoms with van der Waals surface area (Å²) in [5, 5.41) is 5.46. The van der Waals surface area contributed by atoms with Crippen molar-refractivity contribution in [2.75, 3.05) is 6.54 Å². The fourth-order valence-corrected chi connectivity index (χ4v) is 3.63. The summed E-state index contributed by atoms with van der Waals surface area (Å²) in [5.41, 5.74) is 3.12. The fourth-order valence-electron chi connectivity index (χ4n) is 3.63. The molecule has 2 aromatic rings. The van der Waals surface area contributed by atoms with Crippen LogP contribution in [0.3, 0.4) is 0 Å². The maximum Gasteiger partial charge on any atom is 0.408 e. The van der Waals surface area contributed by atoms with Crippen molar-refractivity contribution in [3.63, 3.8) is 0 Å². The summed E-state index contributed by atoms with van der Waals surface area (Å²) in [6, 6.07) is 16.6. The molecule has 2 N–H and O–H groups in total. The maximum atomic E-state index is 13.2. The van der Waals surface area contributed by atoms with Crippen LogP contribution in [0.4, 0.5) is 4.79 Å². The van der Waals surface area contributed by atoms with Crippen LogP contribution >= 0.6 is 0 Å². The van der Waals surface area contributed by atoms with Crippen LogP contribution in [0.25, 0.3) is 0 Å². The molecule has 0 spiro atoms. The summed E-state index contributed by atoms with van der Waals surface area (Å²) >= 11 is 0.